The zero-order valence-corrected chi connectivity index (χ0v) is 15.9. The summed E-state index contributed by atoms with van der Waals surface area (Å²) in [5, 5.41) is 18.8. The van der Waals surface area contributed by atoms with Crippen molar-refractivity contribution < 1.29 is 28.9 Å². The number of ether oxygens (including phenoxy) is 3. The lowest BCUT2D eigenvalue weighted by molar-refractivity contribution is -0.183. The monoisotopic (exact) mass is 407 g/mol. The van der Waals surface area contributed by atoms with Gasteiger partial charge in [0.25, 0.3) is 0 Å². The highest BCUT2D eigenvalue weighted by molar-refractivity contribution is 8.15. The largest absolute Gasteiger partial charge is 0.493 e. The second-order valence-electron chi connectivity index (χ2n) is 6.08. The van der Waals surface area contributed by atoms with E-state index in [1.54, 1.807) is 0 Å². The molecule has 0 bridgehead atoms. The molecule has 0 aromatic heterocycles. The number of aliphatic carboxylic acids is 1. The fourth-order valence-electron chi connectivity index (χ4n) is 2.55. The predicted octanol–water partition coefficient (Wildman–Crippen LogP) is 1.61. The molecule has 10 heteroatoms. The Labute approximate surface area is 166 Å². The Morgan fingerprint density at radius 1 is 1.39 bits per heavy atom. The molecule has 2 aliphatic rings. The van der Waals surface area contributed by atoms with Crippen LogP contribution in [0.15, 0.2) is 34.5 Å². The molecular formula is C18H21N3O6S. The zero-order chi connectivity index (χ0) is 19.8. The Kier molecular flexibility index (Phi) is 7.40. The number of hydrogen-bond donors (Lipinski definition) is 2. The molecule has 1 aromatic rings. The van der Waals surface area contributed by atoms with Gasteiger partial charge in [-0.25, -0.2) is 0 Å². The Morgan fingerprint density at radius 3 is 3.00 bits per heavy atom. The Balaban J connectivity index is 1.48. The third-order valence-electron chi connectivity index (χ3n) is 3.87. The van der Waals surface area contributed by atoms with Crippen LogP contribution in [0.4, 0.5) is 0 Å². The van der Waals surface area contributed by atoms with Crippen LogP contribution in [0.25, 0.3) is 0 Å². The van der Waals surface area contributed by atoms with Gasteiger partial charge in [0.15, 0.2) is 11.5 Å². The number of carboxylic acids is 1. The van der Waals surface area contributed by atoms with Gasteiger partial charge in [-0.1, -0.05) is 23.9 Å². The molecule has 2 saturated heterocycles. The number of amides is 1. The molecule has 2 heterocycles. The van der Waals surface area contributed by atoms with E-state index in [0.717, 1.165) is 37.0 Å². The van der Waals surface area contributed by atoms with Gasteiger partial charge in [0.1, 0.15) is 11.0 Å². The molecule has 0 radical (unpaired) electrons. The van der Waals surface area contributed by atoms with E-state index in [4.69, 9.17) is 19.3 Å². The number of rotatable bonds is 8. The average molecular weight is 407 g/mol. The number of carbonyl (C=O) groups is 2. The van der Waals surface area contributed by atoms with Crippen molar-refractivity contribution >= 4 is 35.0 Å². The van der Waals surface area contributed by atoms with Crippen molar-refractivity contribution in [2.45, 2.75) is 30.8 Å². The molecular weight excluding hydrogens is 386 g/mol. The smallest absolute Gasteiger partial charge is 0.305 e. The van der Waals surface area contributed by atoms with E-state index in [-0.39, 0.29) is 23.8 Å². The topological polar surface area (TPSA) is 119 Å². The third-order valence-corrected chi connectivity index (χ3v) is 4.94. The van der Waals surface area contributed by atoms with Crippen LogP contribution in [0.5, 0.6) is 5.75 Å². The Morgan fingerprint density at radius 2 is 2.21 bits per heavy atom. The molecule has 1 unspecified atom stereocenters. The van der Waals surface area contributed by atoms with E-state index in [2.05, 4.69) is 15.5 Å². The molecule has 1 aromatic carbocycles. The maximum absolute atomic E-state index is 11.7. The SMILES string of the molecule is O=C(O)CC1SC(=NN=Cc2cccc(OCCC3OCCCO3)c2)NC1=O. The highest BCUT2D eigenvalue weighted by atomic mass is 32.2. The molecule has 28 heavy (non-hydrogen) atoms. The summed E-state index contributed by atoms with van der Waals surface area (Å²) in [7, 11) is 0. The van der Waals surface area contributed by atoms with E-state index in [1.807, 2.05) is 24.3 Å². The van der Waals surface area contributed by atoms with Crippen molar-refractivity contribution in [3.63, 3.8) is 0 Å². The first-order chi connectivity index (χ1) is 13.6. The molecule has 1 atom stereocenters. The zero-order valence-electron chi connectivity index (χ0n) is 15.1. The van der Waals surface area contributed by atoms with Crippen LogP contribution < -0.4 is 10.1 Å². The van der Waals surface area contributed by atoms with Gasteiger partial charge in [-0.15, -0.1) is 5.10 Å². The highest BCUT2D eigenvalue weighted by Gasteiger charge is 2.32. The number of carboxylic acid groups (broad SMARTS) is 1. The standard InChI is InChI=1S/C18H21N3O6S/c22-15(23)10-14-17(24)20-18(28-14)21-19-11-12-3-1-4-13(9-12)25-8-5-16-26-6-2-7-27-16/h1,3-4,9,11,14,16H,2,5-8,10H2,(H,22,23)(H,20,21,24). The number of thioether (sulfide) groups is 1. The molecule has 0 spiro atoms. The van der Waals surface area contributed by atoms with Gasteiger partial charge < -0.3 is 24.6 Å². The number of amidine groups is 1. The number of nitrogens with one attached hydrogen (secondary N) is 1. The minimum absolute atomic E-state index is 0.210. The van der Waals surface area contributed by atoms with Crippen LogP contribution in [0.2, 0.25) is 0 Å². The highest BCUT2D eigenvalue weighted by Crippen LogP contribution is 2.22. The van der Waals surface area contributed by atoms with Gasteiger partial charge in [-0.3, -0.25) is 9.59 Å². The van der Waals surface area contributed by atoms with E-state index >= 15 is 0 Å². The van der Waals surface area contributed by atoms with Crippen LogP contribution in [-0.2, 0) is 19.1 Å². The molecule has 0 saturated carbocycles. The van der Waals surface area contributed by atoms with Crippen molar-refractivity contribution in [1.29, 1.82) is 0 Å². The predicted molar refractivity (Wildman–Crippen MR) is 104 cm³/mol. The van der Waals surface area contributed by atoms with E-state index < -0.39 is 11.2 Å². The van der Waals surface area contributed by atoms with Crippen molar-refractivity contribution in [1.82, 2.24) is 5.32 Å². The van der Waals surface area contributed by atoms with Crippen LogP contribution in [0.1, 0.15) is 24.8 Å². The summed E-state index contributed by atoms with van der Waals surface area (Å²) in [6.45, 7) is 1.91. The number of carbonyl (C=O) groups excluding carboxylic acids is 1. The van der Waals surface area contributed by atoms with Crippen molar-refractivity contribution in [3.8, 4) is 5.75 Å². The second-order valence-corrected chi connectivity index (χ2v) is 7.27. The summed E-state index contributed by atoms with van der Waals surface area (Å²) in [6, 6.07) is 7.35. The first-order valence-corrected chi connectivity index (χ1v) is 9.74. The minimum atomic E-state index is -1.03. The van der Waals surface area contributed by atoms with Crippen molar-refractivity contribution in [2.75, 3.05) is 19.8 Å². The molecule has 150 valence electrons. The lowest BCUT2D eigenvalue weighted by Gasteiger charge is -2.23. The van der Waals surface area contributed by atoms with Crippen LogP contribution in [-0.4, -0.2) is 59.7 Å². The summed E-state index contributed by atoms with van der Waals surface area (Å²) in [4.78, 5) is 22.4. The van der Waals surface area contributed by atoms with Gasteiger partial charge in [0.2, 0.25) is 5.91 Å². The fourth-order valence-corrected chi connectivity index (χ4v) is 3.47. The summed E-state index contributed by atoms with van der Waals surface area (Å²) in [5.74, 6) is -0.712. The quantitative estimate of drug-likeness (QED) is 0.496. The number of nitrogens with zero attached hydrogens (tertiary/aromatic N) is 2. The Bertz CT molecular complexity index is 763. The number of benzene rings is 1. The fraction of sp³-hybridized carbons (Fsp3) is 0.444. The third kappa shape index (κ3) is 6.32. The molecule has 2 aliphatic heterocycles. The van der Waals surface area contributed by atoms with Gasteiger partial charge in [-0.05, 0) is 24.1 Å². The lowest BCUT2D eigenvalue weighted by Crippen LogP contribution is -2.26. The van der Waals surface area contributed by atoms with Gasteiger partial charge >= 0.3 is 5.97 Å². The molecule has 9 nitrogen and oxygen atoms in total. The molecule has 2 fully saturated rings. The maximum atomic E-state index is 11.7. The summed E-state index contributed by atoms with van der Waals surface area (Å²) >= 11 is 1.06. The van der Waals surface area contributed by atoms with Gasteiger partial charge in [0.05, 0.1) is 32.5 Å². The molecule has 3 rings (SSSR count). The van der Waals surface area contributed by atoms with Crippen LogP contribution in [0.3, 0.4) is 0 Å². The Hall–Kier alpha value is -2.43. The summed E-state index contributed by atoms with van der Waals surface area (Å²) in [6.07, 6.45) is 2.64. The molecule has 1 amide bonds. The number of hydrogen-bond acceptors (Lipinski definition) is 8. The lowest BCUT2D eigenvalue weighted by atomic mass is 10.2. The summed E-state index contributed by atoms with van der Waals surface area (Å²) in [5.41, 5.74) is 0.781. The van der Waals surface area contributed by atoms with Gasteiger partial charge in [0, 0.05) is 6.42 Å². The average Bonchev–Trinajstić information content (AvgIpc) is 3.02. The van der Waals surface area contributed by atoms with Crippen LogP contribution in [0, 0.1) is 0 Å². The van der Waals surface area contributed by atoms with Crippen LogP contribution >= 0.6 is 11.8 Å². The molecule has 2 N–H and O–H groups in total. The summed E-state index contributed by atoms with van der Waals surface area (Å²) < 4.78 is 16.7. The first-order valence-electron chi connectivity index (χ1n) is 8.86. The molecule has 0 aliphatic carbocycles. The second kappa shape index (κ2) is 10.2. The van der Waals surface area contributed by atoms with Crippen molar-refractivity contribution in [2.24, 2.45) is 10.2 Å². The normalized spacial score (nSPS) is 21.9. The first kappa shape index (κ1) is 20.3. The maximum Gasteiger partial charge on any atom is 0.305 e. The van der Waals surface area contributed by atoms with Gasteiger partial charge in [-0.2, -0.15) is 5.10 Å². The minimum Gasteiger partial charge on any atom is -0.493 e. The van der Waals surface area contributed by atoms with E-state index in [0.29, 0.717) is 18.8 Å². The van der Waals surface area contributed by atoms with Crippen molar-refractivity contribution in [3.05, 3.63) is 29.8 Å². The van der Waals surface area contributed by atoms with E-state index in [9.17, 15) is 9.59 Å². The van der Waals surface area contributed by atoms with E-state index in [1.165, 1.54) is 6.21 Å².